The second-order valence-corrected chi connectivity index (χ2v) is 3.93. The lowest BCUT2D eigenvalue weighted by Gasteiger charge is -2.16. The highest BCUT2D eigenvalue weighted by atomic mass is 35.5. The fourth-order valence-electron chi connectivity index (χ4n) is 1.41. The molecule has 1 rings (SSSR count). The van der Waals surface area contributed by atoms with Crippen LogP contribution in [0.2, 0.25) is 5.02 Å². The molecule has 0 aromatic heterocycles. The van der Waals surface area contributed by atoms with Crippen molar-refractivity contribution in [1.29, 1.82) is 0 Å². The number of carbonyl (C=O) groups is 1. The molecule has 0 fully saturated rings. The zero-order valence-electron chi connectivity index (χ0n) is 8.83. The van der Waals surface area contributed by atoms with Gasteiger partial charge in [-0.05, 0) is 12.1 Å². The number of alkyl halides is 3. The van der Waals surface area contributed by atoms with Crippen molar-refractivity contribution in [3.63, 3.8) is 0 Å². The second-order valence-electron chi connectivity index (χ2n) is 3.52. The molecule has 0 saturated carbocycles. The maximum atomic E-state index is 12.5. The van der Waals surface area contributed by atoms with Gasteiger partial charge >= 0.3 is 12.1 Å². The van der Waals surface area contributed by atoms with Gasteiger partial charge in [-0.25, -0.2) is 0 Å². The first kappa shape index (κ1) is 14.6. The third-order valence-electron chi connectivity index (χ3n) is 2.33. The smallest absolute Gasteiger partial charge is 0.416 e. The Morgan fingerprint density at radius 3 is 2.39 bits per heavy atom. The van der Waals surface area contributed by atoms with E-state index in [4.69, 9.17) is 22.4 Å². The maximum absolute atomic E-state index is 12.5. The van der Waals surface area contributed by atoms with Crippen LogP contribution in [0.5, 0.6) is 5.75 Å². The number of aromatic hydroxyl groups is 1. The summed E-state index contributed by atoms with van der Waals surface area (Å²) < 4.78 is 37.6. The highest BCUT2D eigenvalue weighted by Gasteiger charge is 2.34. The van der Waals surface area contributed by atoms with Crippen LogP contribution in [-0.2, 0) is 11.0 Å². The van der Waals surface area contributed by atoms with Crippen LogP contribution in [0.1, 0.15) is 17.0 Å². The predicted molar refractivity (Wildman–Crippen MR) is 57.6 cm³/mol. The third kappa shape index (κ3) is 2.85. The van der Waals surface area contributed by atoms with Crippen LogP contribution in [0.3, 0.4) is 0 Å². The molecule has 0 spiro atoms. The Morgan fingerprint density at radius 1 is 1.44 bits per heavy atom. The van der Waals surface area contributed by atoms with Crippen LogP contribution in [0.25, 0.3) is 0 Å². The van der Waals surface area contributed by atoms with Crippen LogP contribution in [-0.4, -0.2) is 22.7 Å². The van der Waals surface area contributed by atoms with E-state index in [1.807, 2.05) is 0 Å². The first-order valence-electron chi connectivity index (χ1n) is 4.71. The molecule has 1 atom stereocenters. The summed E-state index contributed by atoms with van der Waals surface area (Å²) in [4.78, 5) is 10.8. The van der Waals surface area contributed by atoms with Gasteiger partial charge in [0.2, 0.25) is 0 Å². The van der Waals surface area contributed by atoms with Gasteiger partial charge in [0, 0.05) is 12.1 Å². The van der Waals surface area contributed by atoms with Gasteiger partial charge in [0.05, 0.1) is 16.5 Å². The number of aliphatic carboxylic acids is 1. The summed E-state index contributed by atoms with van der Waals surface area (Å²) in [6.07, 6.45) is -4.69. The number of halogens is 4. The Labute approximate surface area is 105 Å². The molecular weight excluding hydrogens is 275 g/mol. The molecule has 1 unspecified atom stereocenters. The van der Waals surface area contributed by atoms with Gasteiger partial charge < -0.3 is 15.9 Å². The summed E-state index contributed by atoms with van der Waals surface area (Å²) in [5, 5.41) is 17.8. The number of carboxylic acid groups (broad SMARTS) is 1. The standard InChI is InChI=1S/C10H9ClF3NO3/c11-7-2-4(10(12,13)14)1-5(8(7)16)6(3-15)9(17)18/h1-2,6,16H,3,15H2,(H,17,18). The third-order valence-corrected chi connectivity index (χ3v) is 2.62. The lowest BCUT2D eigenvalue weighted by atomic mass is 9.96. The molecular formula is C10H9ClF3NO3. The van der Waals surface area contributed by atoms with Crippen LogP contribution in [0.15, 0.2) is 12.1 Å². The molecule has 1 aromatic carbocycles. The average Bonchev–Trinajstić information content (AvgIpc) is 2.22. The van der Waals surface area contributed by atoms with Crippen molar-refractivity contribution in [2.45, 2.75) is 12.1 Å². The fraction of sp³-hybridized carbons (Fsp3) is 0.300. The summed E-state index contributed by atoms with van der Waals surface area (Å²) in [6, 6.07) is 1.06. The summed E-state index contributed by atoms with van der Waals surface area (Å²) in [5.74, 6) is -3.60. The maximum Gasteiger partial charge on any atom is 0.416 e. The van der Waals surface area contributed by atoms with Gasteiger partial charge in [0.25, 0.3) is 0 Å². The Morgan fingerprint density at radius 2 is 2.00 bits per heavy atom. The molecule has 0 aliphatic carbocycles. The quantitative estimate of drug-likeness (QED) is 0.794. The zero-order valence-corrected chi connectivity index (χ0v) is 9.59. The number of hydrogen-bond donors (Lipinski definition) is 3. The van der Waals surface area contributed by atoms with E-state index in [9.17, 15) is 23.1 Å². The Hall–Kier alpha value is -1.47. The van der Waals surface area contributed by atoms with Gasteiger partial charge in [-0.1, -0.05) is 11.6 Å². The molecule has 0 amide bonds. The van der Waals surface area contributed by atoms with Gasteiger partial charge in [-0.2, -0.15) is 13.2 Å². The highest BCUT2D eigenvalue weighted by molar-refractivity contribution is 6.32. The van der Waals surface area contributed by atoms with E-state index >= 15 is 0 Å². The van der Waals surface area contributed by atoms with E-state index in [0.29, 0.717) is 12.1 Å². The molecule has 0 aliphatic rings. The van der Waals surface area contributed by atoms with Crippen LogP contribution >= 0.6 is 11.6 Å². The number of carboxylic acids is 1. The Bertz CT molecular complexity index is 476. The van der Waals surface area contributed by atoms with E-state index in [2.05, 4.69) is 0 Å². The van der Waals surface area contributed by atoms with Crippen molar-refractivity contribution in [3.8, 4) is 5.75 Å². The van der Waals surface area contributed by atoms with Crippen molar-refractivity contribution >= 4 is 17.6 Å². The number of phenolic OH excluding ortho intramolecular Hbond substituents is 1. The predicted octanol–water partition coefficient (Wildman–Crippen LogP) is 2.19. The first-order valence-corrected chi connectivity index (χ1v) is 5.08. The molecule has 0 heterocycles. The molecule has 0 radical (unpaired) electrons. The largest absolute Gasteiger partial charge is 0.506 e. The minimum Gasteiger partial charge on any atom is -0.506 e. The molecule has 0 aliphatic heterocycles. The summed E-state index contributed by atoms with van der Waals surface area (Å²) in [5.41, 5.74) is 3.57. The summed E-state index contributed by atoms with van der Waals surface area (Å²) in [7, 11) is 0. The lowest BCUT2D eigenvalue weighted by Crippen LogP contribution is -2.22. The van der Waals surface area contributed by atoms with Gasteiger partial charge in [-0.3, -0.25) is 4.79 Å². The fourth-order valence-corrected chi connectivity index (χ4v) is 1.64. The lowest BCUT2D eigenvalue weighted by molar-refractivity contribution is -0.140. The zero-order chi connectivity index (χ0) is 14.1. The molecule has 18 heavy (non-hydrogen) atoms. The van der Waals surface area contributed by atoms with Crippen molar-refractivity contribution in [1.82, 2.24) is 0 Å². The van der Waals surface area contributed by atoms with Gasteiger partial charge in [-0.15, -0.1) is 0 Å². The van der Waals surface area contributed by atoms with Crippen molar-refractivity contribution < 1.29 is 28.2 Å². The topological polar surface area (TPSA) is 83.6 Å². The van der Waals surface area contributed by atoms with E-state index in [1.165, 1.54) is 0 Å². The molecule has 8 heteroatoms. The Kier molecular flexibility index (Phi) is 4.08. The van der Waals surface area contributed by atoms with E-state index in [-0.39, 0.29) is 0 Å². The Balaban J connectivity index is 3.43. The van der Waals surface area contributed by atoms with Crippen molar-refractivity contribution in [3.05, 3.63) is 28.3 Å². The van der Waals surface area contributed by atoms with Crippen LogP contribution in [0.4, 0.5) is 13.2 Å². The summed E-state index contributed by atoms with van der Waals surface area (Å²) in [6.45, 7) is -0.458. The number of benzene rings is 1. The normalized spacial score (nSPS) is 13.4. The second kappa shape index (κ2) is 5.03. The van der Waals surface area contributed by atoms with Crippen molar-refractivity contribution in [2.75, 3.05) is 6.54 Å². The molecule has 1 aromatic rings. The average molecular weight is 284 g/mol. The van der Waals surface area contributed by atoms with E-state index in [0.717, 1.165) is 0 Å². The minimum absolute atomic E-state index is 0.454. The van der Waals surface area contributed by atoms with Crippen LogP contribution < -0.4 is 5.73 Å². The molecule has 4 nitrogen and oxygen atoms in total. The number of phenols is 1. The van der Waals surface area contributed by atoms with E-state index in [1.54, 1.807) is 0 Å². The van der Waals surface area contributed by atoms with Crippen LogP contribution in [0, 0.1) is 0 Å². The first-order chi connectivity index (χ1) is 8.18. The molecule has 4 N–H and O–H groups in total. The SMILES string of the molecule is NCC(C(=O)O)c1cc(C(F)(F)F)cc(Cl)c1O. The van der Waals surface area contributed by atoms with Crippen molar-refractivity contribution in [2.24, 2.45) is 5.73 Å². The van der Waals surface area contributed by atoms with Gasteiger partial charge in [0.1, 0.15) is 5.75 Å². The van der Waals surface area contributed by atoms with E-state index < -0.39 is 46.5 Å². The monoisotopic (exact) mass is 283 g/mol. The molecule has 100 valence electrons. The number of nitrogens with two attached hydrogens (primary N) is 1. The molecule has 0 bridgehead atoms. The highest BCUT2D eigenvalue weighted by Crippen LogP contribution is 2.39. The number of rotatable bonds is 3. The minimum atomic E-state index is -4.69. The summed E-state index contributed by atoms with van der Waals surface area (Å²) >= 11 is 5.45. The number of hydrogen-bond acceptors (Lipinski definition) is 3. The molecule has 0 saturated heterocycles. The van der Waals surface area contributed by atoms with Gasteiger partial charge in [0.15, 0.2) is 0 Å².